The second-order valence-electron chi connectivity index (χ2n) is 5.88. The number of anilines is 1. The Morgan fingerprint density at radius 3 is 2.65 bits per heavy atom. The van der Waals surface area contributed by atoms with Gasteiger partial charge in [0.05, 0.1) is 13.1 Å². The molecule has 130 valence electrons. The first-order valence-corrected chi connectivity index (χ1v) is 7.68. The van der Waals surface area contributed by atoms with Crippen LogP contribution < -0.4 is 5.32 Å². The summed E-state index contributed by atoms with van der Waals surface area (Å²) in [4.78, 5) is 17.5. The summed E-state index contributed by atoms with van der Waals surface area (Å²) in [6.45, 7) is 3.20. The van der Waals surface area contributed by atoms with Crippen LogP contribution in [0.5, 0.6) is 0 Å². The highest BCUT2D eigenvalue weighted by Crippen LogP contribution is 2.08. The Balaban J connectivity index is 1.77. The Hall–Kier alpha value is -1.74. The van der Waals surface area contributed by atoms with Crippen LogP contribution >= 0.6 is 0 Å². The highest BCUT2D eigenvalue weighted by atomic mass is 19.3. The molecule has 0 atom stereocenters. The van der Waals surface area contributed by atoms with Crippen LogP contribution in [-0.4, -0.2) is 90.3 Å². The summed E-state index contributed by atoms with van der Waals surface area (Å²) in [6.07, 6.45) is -0.513. The number of hydrogen-bond donors (Lipinski definition) is 1. The number of carbonyl (C=O) groups is 1. The maximum absolute atomic E-state index is 12.3. The number of aromatic nitrogens is 2. The minimum absolute atomic E-state index is 0.230. The van der Waals surface area contributed by atoms with Crippen molar-refractivity contribution in [2.24, 2.45) is 0 Å². The number of likely N-dealkylation sites (N-methyl/N-ethyl adjacent to an activating group) is 1. The highest BCUT2D eigenvalue weighted by molar-refractivity contribution is 5.88. The monoisotopic (exact) mass is 330 g/mol. The Kier molecular flexibility index (Phi) is 6.28. The molecule has 1 aromatic rings. The van der Waals surface area contributed by atoms with Gasteiger partial charge in [0.1, 0.15) is 0 Å². The van der Waals surface area contributed by atoms with E-state index >= 15 is 0 Å². The van der Waals surface area contributed by atoms with Crippen molar-refractivity contribution in [1.29, 1.82) is 0 Å². The first-order chi connectivity index (χ1) is 10.9. The summed E-state index contributed by atoms with van der Waals surface area (Å²) in [6, 6.07) is 1.51. The van der Waals surface area contributed by atoms with Gasteiger partial charge in [0.15, 0.2) is 5.82 Å². The Morgan fingerprint density at radius 1 is 1.35 bits per heavy atom. The van der Waals surface area contributed by atoms with E-state index < -0.39 is 6.43 Å². The highest BCUT2D eigenvalue weighted by Gasteiger charge is 2.23. The molecule has 0 radical (unpaired) electrons. The summed E-state index contributed by atoms with van der Waals surface area (Å²) < 4.78 is 26.4. The lowest BCUT2D eigenvalue weighted by molar-refractivity contribution is 0.0651. The topological polar surface area (TPSA) is 56.6 Å². The fraction of sp³-hybridized carbons (Fsp3) is 0.714. The van der Waals surface area contributed by atoms with Crippen molar-refractivity contribution < 1.29 is 13.6 Å². The third kappa shape index (κ3) is 5.76. The van der Waals surface area contributed by atoms with Crippen LogP contribution in [-0.2, 0) is 6.54 Å². The summed E-state index contributed by atoms with van der Waals surface area (Å²) in [5.74, 6) is 0.503. The summed E-state index contributed by atoms with van der Waals surface area (Å²) in [5, 5.41) is 7.04. The molecule has 1 aromatic heterocycles. The van der Waals surface area contributed by atoms with Gasteiger partial charge in [-0.3, -0.25) is 14.9 Å². The van der Waals surface area contributed by atoms with Gasteiger partial charge in [-0.15, -0.1) is 0 Å². The van der Waals surface area contributed by atoms with Gasteiger partial charge in [-0.05, 0) is 14.1 Å². The van der Waals surface area contributed by atoms with E-state index in [-0.39, 0.29) is 12.6 Å². The van der Waals surface area contributed by atoms with Crippen LogP contribution in [0.1, 0.15) is 0 Å². The van der Waals surface area contributed by atoms with Gasteiger partial charge in [-0.1, -0.05) is 0 Å². The van der Waals surface area contributed by atoms with Crippen LogP contribution in [0, 0.1) is 0 Å². The number of amides is 2. The van der Waals surface area contributed by atoms with Crippen molar-refractivity contribution >= 4 is 11.8 Å². The lowest BCUT2D eigenvalue weighted by Crippen LogP contribution is -2.50. The minimum atomic E-state index is -2.33. The molecule has 2 amide bonds. The molecular weight excluding hydrogens is 306 g/mol. The Bertz CT molecular complexity index is 499. The lowest BCUT2D eigenvalue weighted by atomic mass is 10.3. The molecule has 2 rings (SSSR count). The van der Waals surface area contributed by atoms with Gasteiger partial charge in [-0.25, -0.2) is 13.6 Å². The largest absolute Gasteiger partial charge is 0.323 e. The van der Waals surface area contributed by atoms with E-state index in [1.54, 1.807) is 20.5 Å². The smallest absolute Gasteiger partial charge is 0.322 e. The summed E-state index contributed by atoms with van der Waals surface area (Å²) in [7, 11) is 3.97. The fourth-order valence-corrected chi connectivity index (χ4v) is 2.37. The van der Waals surface area contributed by atoms with Crippen molar-refractivity contribution in [1.82, 2.24) is 24.5 Å². The van der Waals surface area contributed by atoms with Gasteiger partial charge < -0.3 is 9.80 Å². The molecule has 0 unspecified atom stereocenters. The molecule has 0 aliphatic carbocycles. The molecule has 0 spiro atoms. The van der Waals surface area contributed by atoms with Crippen molar-refractivity contribution in [3.8, 4) is 0 Å². The third-order valence-electron chi connectivity index (χ3n) is 3.71. The van der Waals surface area contributed by atoms with Crippen LogP contribution in [0.25, 0.3) is 0 Å². The molecule has 1 aliphatic rings. The number of alkyl halides is 2. The molecular formula is C14H24F2N6O. The molecule has 7 nitrogen and oxygen atoms in total. The molecule has 2 heterocycles. The Morgan fingerprint density at radius 2 is 2.04 bits per heavy atom. The summed E-state index contributed by atoms with van der Waals surface area (Å²) in [5.41, 5.74) is 0. The quantitative estimate of drug-likeness (QED) is 0.841. The summed E-state index contributed by atoms with van der Waals surface area (Å²) >= 11 is 0. The zero-order valence-corrected chi connectivity index (χ0v) is 13.6. The molecule has 0 saturated carbocycles. The molecule has 0 aromatic carbocycles. The molecule has 1 N–H and O–H groups in total. The standard InChI is InChI=1S/C14H24F2N6O/c1-19(2)5-10-22-4-3-13(18-22)17-14(23)21-8-6-20(7-9-21)11-12(15)16/h3-4,12H,5-11H2,1-2H3,(H,17,18,23). The van der Waals surface area contributed by atoms with E-state index in [4.69, 9.17) is 0 Å². The van der Waals surface area contributed by atoms with Gasteiger partial charge in [0.2, 0.25) is 0 Å². The lowest BCUT2D eigenvalue weighted by Gasteiger charge is -2.34. The number of urea groups is 1. The zero-order valence-electron chi connectivity index (χ0n) is 13.6. The van der Waals surface area contributed by atoms with E-state index in [1.807, 2.05) is 20.3 Å². The first-order valence-electron chi connectivity index (χ1n) is 7.68. The molecule has 1 saturated heterocycles. The minimum Gasteiger partial charge on any atom is -0.322 e. The van der Waals surface area contributed by atoms with Crippen LogP contribution in [0.3, 0.4) is 0 Å². The molecule has 1 fully saturated rings. The van der Waals surface area contributed by atoms with Gasteiger partial charge >= 0.3 is 6.03 Å². The average Bonchev–Trinajstić information content (AvgIpc) is 2.92. The van der Waals surface area contributed by atoms with Gasteiger partial charge in [0, 0.05) is 45.0 Å². The maximum Gasteiger partial charge on any atom is 0.323 e. The number of carbonyl (C=O) groups excluding carboxylic acids is 1. The number of halogens is 2. The number of nitrogens with one attached hydrogen (secondary N) is 1. The second kappa shape index (κ2) is 8.21. The van der Waals surface area contributed by atoms with Crippen molar-refractivity contribution in [3.63, 3.8) is 0 Å². The average molecular weight is 330 g/mol. The van der Waals surface area contributed by atoms with E-state index in [0.717, 1.165) is 13.1 Å². The van der Waals surface area contributed by atoms with Crippen LogP contribution in [0.2, 0.25) is 0 Å². The van der Waals surface area contributed by atoms with Crippen LogP contribution in [0.4, 0.5) is 19.4 Å². The van der Waals surface area contributed by atoms with Gasteiger partial charge in [-0.2, -0.15) is 5.10 Å². The van der Waals surface area contributed by atoms with Crippen molar-refractivity contribution in [2.45, 2.75) is 13.0 Å². The second-order valence-corrected chi connectivity index (χ2v) is 5.88. The molecule has 0 bridgehead atoms. The number of rotatable bonds is 6. The van der Waals surface area contributed by atoms with E-state index in [9.17, 15) is 13.6 Å². The molecule has 9 heteroatoms. The SMILES string of the molecule is CN(C)CCn1ccc(NC(=O)N2CCN(CC(F)F)CC2)n1. The van der Waals surface area contributed by atoms with Gasteiger partial charge in [0.25, 0.3) is 6.43 Å². The number of piperazine rings is 1. The van der Waals surface area contributed by atoms with E-state index in [2.05, 4.69) is 15.3 Å². The number of nitrogens with zero attached hydrogens (tertiary/aromatic N) is 5. The molecule has 23 heavy (non-hydrogen) atoms. The molecule has 1 aliphatic heterocycles. The van der Waals surface area contributed by atoms with E-state index in [1.165, 1.54) is 0 Å². The van der Waals surface area contributed by atoms with E-state index in [0.29, 0.717) is 32.0 Å². The van der Waals surface area contributed by atoms with Crippen LogP contribution in [0.15, 0.2) is 12.3 Å². The number of hydrogen-bond acceptors (Lipinski definition) is 4. The zero-order chi connectivity index (χ0) is 16.8. The predicted octanol–water partition coefficient (Wildman–Crippen LogP) is 0.859. The van der Waals surface area contributed by atoms with Crippen molar-refractivity contribution in [3.05, 3.63) is 12.3 Å². The van der Waals surface area contributed by atoms with Crippen molar-refractivity contribution in [2.75, 3.05) is 58.7 Å². The predicted molar refractivity (Wildman–Crippen MR) is 83.8 cm³/mol. The third-order valence-corrected chi connectivity index (χ3v) is 3.71. The normalized spacial score (nSPS) is 16.3. The fourth-order valence-electron chi connectivity index (χ4n) is 2.37. The maximum atomic E-state index is 12.3. The Labute approximate surface area is 134 Å². The first kappa shape index (κ1) is 17.6.